The molecule has 1 aromatic carbocycles. The molecule has 0 aliphatic heterocycles. The zero-order chi connectivity index (χ0) is 12.7. The van der Waals surface area contributed by atoms with Gasteiger partial charge in [0.15, 0.2) is 5.65 Å². The van der Waals surface area contributed by atoms with E-state index in [0.717, 1.165) is 22.6 Å². The van der Waals surface area contributed by atoms with Gasteiger partial charge >= 0.3 is 0 Å². The third kappa shape index (κ3) is 1.57. The van der Waals surface area contributed by atoms with Crippen LogP contribution in [0.3, 0.4) is 0 Å². The first-order valence-corrected chi connectivity index (χ1v) is 5.59. The Morgan fingerprint density at radius 3 is 2.50 bits per heavy atom. The molecule has 0 aliphatic carbocycles. The van der Waals surface area contributed by atoms with E-state index in [0.29, 0.717) is 11.4 Å². The maximum Gasteiger partial charge on any atom is 0.159 e. The minimum Gasteiger partial charge on any atom is -0.399 e. The van der Waals surface area contributed by atoms with E-state index in [4.69, 9.17) is 11.5 Å². The highest BCUT2D eigenvalue weighted by atomic mass is 15.1. The van der Waals surface area contributed by atoms with Crippen molar-refractivity contribution < 1.29 is 0 Å². The molecule has 0 atom stereocenters. The summed E-state index contributed by atoms with van der Waals surface area (Å²) >= 11 is 0. The van der Waals surface area contributed by atoms with Crippen LogP contribution >= 0.6 is 0 Å². The van der Waals surface area contributed by atoms with Crippen molar-refractivity contribution in [2.24, 2.45) is 7.05 Å². The number of rotatable bonds is 1. The van der Waals surface area contributed by atoms with Crippen molar-refractivity contribution in [2.75, 3.05) is 11.5 Å². The Balaban J connectivity index is 2.28. The Hall–Kier alpha value is -2.56. The number of aromatic nitrogens is 3. The summed E-state index contributed by atoms with van der Waals surface area (Å²) in [5.41, 5.74) is 15.5. The summed E-state index contributed by atoms with van der Waals surface area (Å²) in [4.78, 5) is 8.86. The molecule has 0 radical (unpaired) electrons. The van der Waals surface area contributed by atoms with Gasteiger partial charge in [0.1, 0.15) is 11.3 Å². The zero-order valence-electron chi connectivity index (χ0n) is 9.96. The number of hydrogen-bond donors (Lipinski definition) is 2. The molecule has 0 aliphatic rings. The van der Waals surface area contributed by atoms with Gasteiger partial charge in [0.25, 0.3) is 0 Å². The Labute approximate surface area is 104 Å². The molecule has 2 heterocycles. The van der Waals surface area contributed by atoms with E-state index in [9.17, 15) is 0 Å². The highest BCUT2D eigenvalue weighted by Crippen LogP contribution is 2.26. The van der Waals surface area contributed by atoms with Crippen LogP contribution in [0.5, 0.6) is 0 Å². The van der Waals surface area contributed by atoms with Crippen LogP contribution in [-0.4, -0.2) is 14.5 Å². The lowest BCUT2D eigenvalue weighted by molar-refractivity contribution is 0.942. The summed E-state index contributed by atoms with van der Waals surface area (Å²) in [6.45, 7) is 0. The highest BCUT2D eigenvalue weighted by Gasteiger charge is 2.11. The number of aryl methyl sites for hydroxylation is 1. The van der Waals surface area contributed by atoms with Gasteiger partial charge in [0, 0.05) is 30.2 Å². The minimum absolute atomic E-state index is 0.630. The van der Waals surface area contributed by atoms with Crippen molar-refractivity contribution in [3.8, 4) is 11.4 Å². The van der Waals surface area contributed by atoms with Crippen LogP contribution in [0.1, 0.15) is 0 Å². The summed E-state index contributed by atoms with van der Waals surface area (Å²) < 4.78 is 1.93. The monoisotopic (exact) mass is 239 g/mol. The van der Waals surface area contributed by atoms with E-state index >= 15 is 0 Å². The lowest BCUT2D eigenvalue weighted by Crippen LogP contribution is -1.96. The predicted octanol–water partition coefficient (Wildman–Crippen LogP) is 1.80. The fourth-order valence-electron chi connectivity index (χ4n) is 2.09. The van der Waals surface area contributed by atoms with Gasteiger partial charge in [-0.3, -0.25) is 0 Å². The van der Waals surface area contributed by atoms with Gasteiger partial charge in [-0.2, -0.15) is 0 Å². The van der Waals surface area contributed by atoms with Crippen molar-refractivity contribution in [3.63, 3.8) is 0 Å². The fraction of sp³-hybridized carbons (Fsp3) is 0.0769. The van der Waals surface area contributed by atoms with Crippen LogP contribution in [0, 0.1) is 0 Å². The first kappa shape index (κ1) is 10.6. The molecule has 0 bridgehead atoms. The number of nitrogen functional groups attached to an aromatic ring is 2. The summed E-state index contributed by atoms with van der Waals surface area (Å²) in [6, 6.07) is 9.24. The molecule has 2 aromatic heterocycles. The molecule has 0 spiro atoms. The van der Waals surface area contributed by atoms with Crippen LogP contribution in [0.15, 0.2) is 36.5 Å². The molecule has 3 rings (SSSR count). The Bertz CT molecular complexity index is 709. The summed E-state index contributed by atoms with van der Waals surface area (Å²) in [5, 5.41) is 0. The second kappa shape index (κ2) is 3.73. The first-order chi connectivity index (χ1) is 8.65. The molecular formula is C13H13N5. The SMILES string of the molecule is Cn1c(-c2cc(N)cc(N)c2)nc2cccnc21. The predicted molar refractivity (Wildman–Crippen MR) is 72.8 cm³/mol. The number of benzene rings is 1. The smallest absolute Gasteiger partial charge is 0.159 e. The Morgan fingerprint density at radius 1 is 1.11 bits per heavy atom. The Kier molecular flexibility index (Phi) is 2.19. The zero-order valence-corrected chi connectivity index (χ0v) is 9.96. The van der Waals surface area contributed by atoms with Crippen LogP contribution < -0.4 is 11.5 Å². The van der Waals surface area contributed by atoms with Gasteiger partial charge < -0.3 is 16.0 Å². The van der Waals surface area contributed by atoms with Gasteiger partial charge in [0.05, 0.1) is 0 Å². The van der Waals surface area contributed by atoms with Gasteiger partial charge in [0.2, 0.25) is 0 Å². The van der Waals surface area contributed by atoms with Crippen LogP contribution in [0.25, 0.3) is 22.6 Å². The largest absolute Gasteiger partial charge is 0.399 e. The highest BCUT2D eigenvalue weighted by molar-refractivity contribution is 5.78. The first-order valence-electron chi connectivity index (χ1n) is 5.59. The molecule has 18 heavy (non-hydrogen) atoms. The van der Waals surface area contributed by atoms with Crippen molar-refractivity contribution in [3.05, 3.63) is 36.5 Å². The third-order valence-corrected chi connectivity index (χ3v) is 2.86. The molecule has 90 valence electrons. The molecular weight excluding hydrogens is 226 g/mol. The maximum atomic E-state index is 5.81. The number of fused-ring (bicyclic) bond motifs is 1. The van der Waals surface area contributed by atoms with E-state index in [1.165, 1.54) is 0 Å². The second-order valence-electron chi connectivity index (χ2n) is 4.23. The number of nitrogens with zero attached hydrogens (tertiary/aromatic N) is 3. The normalized spacial score (nSPS) is 10.9. The molecule has 4 N–H and O–H groups in total. The van der Waals surface area contributed by atoms with Crippen LogP contribution in [-0.2, 0) is 7.05 Å². The van der Waals surface area contributed by atoms with E-state index in [-0.39, 0.29) is 0 Å². The van der Waals surface area contributed by atoms with E-state index < -0.39 is 0 Å². The summed E-state index contributed by atoms with van der Waals surface area (Å²) in [5.74, 6) is 0.808. The lowest BCUT2D eigenvalue weighted by Gasteiger charge is -2.04. The summed E-state index contributed by atoms with van der Waals surface area (Å²) in [7, 11) is 1.93. The van der Waals surface area contributed by atoms with E-state index in [1.54, 1.807) is 12.3 Å². The average Bonchev–Trinajstić information content (AvgIpc) is 2.66. The molecule has 3 aromatic rings. The topological polar surface area (TPSA) is 82.8 Å². The van der Waals surface area contributed by atoms with Crippen molar-refractivity contribution in [2.45, 2.75) is 0 Å². The van der Waals surface area contributed by atoms with Gasteiger partial charge in [-0.1, -0.05) is 0 Å². The van der Waals surface area contributed by atoms with E-state index in [2.05, 4.69) is 9.97 Å². The average molecular weight is 239 g/mol. The number of anilines is 2. The molecule has 0 saturated carbocycles. The number of imidazole rings is 1. The molecule has 0 saturated heterocycles. The van der Waals surface area contributed by atoms with E-state index in [1.807, 2.05) is 35.9 Å². The quantitative estimate of drug-likeness (QED) is 0.634. The van der Waals surface area contributed by atoms with Crippen molar-refractivity contribution >= 4 is 22.5 Å². The van der Waals surface area contributed by atoms with Gasteiger partial charge in [-0.15, -0.1) is 0 Å². The van der Waals surface area contributed by atoms with Crippen molar-refractivity contribution in [1.82, 2.24) is 14.5 Å². The molecule has 0 unspecified atom stereocenters. The Morgan fingerprint density at radius 2 is 1.83 bits per heavy atom. The molecule has 0 amide bonds. The summed E-state index contributed by atoms with van der Waals surface area (Å²) in [6.07, 6.45) is 1.75. The number of hydrogen-bond acceptors (Lipinski definition) is 4. The second-order valence-corrected chi connectivity index (χ2v) is 4.23. The van der Waals surface area contributed by atoms with Gasteiger partial charge in [-0.25, -0.2) is 9.97 Å². The molecule has 5 nitrogen and oxygen atoms in total. The number of nitrogens with two attached hydrogens (primary N) is 2. The van der Waals surface area contributed by atoms with Crippen LogP contribution in [0.2, 0.25) is 0 Å². The number of pyridine rings is 1. The standard InChI is InChI=1S/C13H13N5/c1-18-12(8-5-9(14)7-10(15)6-8)17-11-3-2-4-16-13(11)18/h2-7H,14-15H2,1H3. The van der Waals surface area contributed by atoms with Crippen LogP contribution in [0.4, 0.5) is 11.4 Å². The third-order valence-electron chi connectivity index (χ3n) is 2.86. The maximum absolute atomic E-state index is 5.81. The van der Waals surface area contributed by atoms with Crippen molar-refractivity contribution in [1.29, 1.82) is 0 Å². The lowest BCUT2D eigenvalue weighted by atomic mass is 10.1. The molecule has 5 heteroatoms. The fourth-order valence-corrected chi connectivity index (χ4v) is 2.09. The molecule has 0 fully saturated rings. The minimum atomic E-state index is 0.630. The van der Waals surface area contributed by atoms with Gasteiger partial charge in [-0.05, 0) is 30.3 Å².